The lowest BCUT2D eigenvalue weighted by atomic mass is 10.0. The zero-order valence-corrected chi connectivity index (χ0v) is 30.1. The molecule has 0 rings (SSSR count). The summed E-state index contributed by atoms with van der Waals surface area (Å²) >= 11 is 0. The largest absolute Gasteiger partial charge is 0.472 e. The standard InChI is InChI=1S/C37H65O8P/c1-4-7-9-11-13-15-17-19-21-23-25-27-29-31-36(38)42-33-35(34-44-46(40,41)43-6-3)45-37(39)32-30-28-26-24-22-20-18-16-14-12-10-8-5-2/h8,10,14,16,20,22,26,28,35H,4-7,9,11-13,15,17-19,21,23-25,27,29-34H2,1-3H3,(H,40,41)/b10-8-,16-14-,22-20-,28-26-. The monoisotopic (exact) mass is 668 g/mol. The SMILES string of the molecule is CC/C=C\C/C=C\C/C=C\C/C=C\CCC(=O)OC(COC(=O)CCCCCCCCCCCCCCC)COP(=O)(O)OCC. The van der Waals surface area contributed by atoms with E-state index in [2.05, 4.69) is 50.3 Å². The van der Waals surface area contributed by atoms with Crippen molar-refractivity contribution in [1.82, 2.24) is 0 Å². The number of rotatable bonds is 32. The van der Waals surface area contributed by atoms with Crippen molar-refractivity contribution in [2.75, 3.05) is 19.8 Å². The first-order valence-corrected chi connectivity index (χ1v) is 19.4. The maximum atomic E-state index is 12.4. The summed E-state index contributed by atoms with van der Waals surface area (Å²) in [5, 5.41) is 0. The zero-order chi connectivity index (χ0) is 34.0. The Balaban J connectivity index is 4.29. The highest BCUT2D eigenvalue weighted by Gasteiger charge is 2.25. The molecule has 2 atom stereocenters. The molecule has 9 heteroatoms. The number of allylic oxidation sites excluding steroid dienone is 8. The number of esters is 2. The Morgan fingerprint density at radius 3 is 1.63 bits per heavy atom. The normalized spacial score (nSPS) is 14.1. The van der Waals surface area contributed by atoms with Gasteiger partial charge >= 0.3 is 19.8 Å². The number of phosphoric ester groups is 1. The topological polar surface area (TPSA) is 108 Å². The third kappa shape index (κ3) is 32.0. The minimum Gasteiger partial charge on any atom is -0.462 e. The summed E-state index contributed by atoms with van der Waals surface area (Å²) in [6, 6.07) is 0. The van der Waals surface area contributed by atoms with Crippen LogP contribution in [0.15, 0.2) is 48.6 Å². The fraction of sp³-hybridized carbons (Fsp3) is 0.730. The molecular weight excluding hydrogens is 603 g/mol. The van der Waals surface area contributed by atoms with Gasteiger partial charge in [0.15, 0.2) is 6.10 Å². The van der Waals surface area contributed by atoms with Gasteiger partial charge in [-0.2, -0.15) is 0 Å². The lowest BCUT2D eigenvalue weighted by molar-refractivity contribution is -0.161. The second-order valence-corrected chi connectivity index (χ2v) is 13.0. The Hall–Kier alpha value is -1.99. The van der Waals surface area contributed by atoms with Crippen molar-refractivity contribution in [1.29, 1.82) is 0 Å². The summed E-state index contributed by atoms with van der Waals surface area (Å²) < 4.78 is 32.4. The van der Waals surface area contributed by atoms with Crippen LogP contribution in [-0.4, -0.2) is 42.8 Å². The smallest absolute Gasteiger partial charge is 0.462 e. The van der Waals surface area contributed by atoms with Crippen LogP contribution in [0, 0.1) is 0 Å². The molecule has 1 N–H and O–H groups in total. The van der Waals surface area contributed by atoms with Crippen LogP contribution in [0.4, 0.5) is 0 Å². The first-order valence-electron chi connectivity index (χ1n) is 17.9. The Morgan fingerprint density at radius 2 is 1.11 bits per heavy atom. The highest BCUT2D eigenvalue weighted by Crippen LogP contribution is 2.43. The minimum atomic E-state index is -4.29. The fourth-order valence-corrected chi connectivity index (χ4v) is 5.34. The quantitative estimate of drug-likeness (QED) is 0.0326. The van der Waals surface area contributed by atoms with E-state index < -0.39 is 26.5 Å². The second kappa shape index (κ2) is 32.9. The zero-order valence-electron chi connectivity index (χ0n) is 29.2. The van der Waals surface area contributed by atoms with E-state index in [4.69, 9.17) is 18.5 Å². The third-order valence-electron chi connectivity index (χ3n) is 7.16. The molecule has 266 valence electrons. The van der Waals surface area contributed by atoms with Crippen molar-refractivity contribution < 1.29 is 37.6 Å². The molecule has 0 amide bonds. The van der Waals surface area contributed by atoms with Crippen molar-refractivity contribution >= 4 is 19.8 Å². The molecule has 0 aromatic rings. The summed E-state index contributed by atoms with van der Waals surface area (Å²) in [5.74, 6) is -0.895. The van der Waals surface area contributed by atoms with Crippen molar-refractivity contribution in [2.45, 2.75) is 155 Å². The van der Waals surface area contributed by atoms with Crippen LogP contribution in [0.1, 0.15) is 149 Å². The van der Waals surface area contributed by atoms with Crippen LogP contribution in [0.3, 0.4) is 0 Å². The highest BCUT2D eigenvalue weighted by molar-refractivity contribution is 7.47. The van der Waals surface area contributed by atoms with Crippen molar-refractivity contribution in [3.63, 3.8) is 0 Å². The van der Waals surface area contributed by atoms with Gasteiger partial charge in [-0.05, 0) is 45.4 Å². The van der Waals surface area contributed by atoms with Gasteiger partial charge in [0.1, 0.15) is 6.61 Å². The van der Waals surface area contributed by atoms with Gasteiger partial charge in [-0.25, -0.2) is 4.57 Å². The second-order valence-electron chi connectivity index (χ2n) is 11.5. The number of hydrogen-bond donors (Lipinski definition) is 1. The molecule has 8 nitrogen and oxygen atoms in total. The van der Waals surface area contributed by atoms with Crippen molar-refractivity contribution in [3.8, 4) is 0 Å². The predicted octanol–water partition coefficient (Wildman–Crippen LogP) is 10.7. The van der Waals surface area contributed by atoms with Crippen LogP contribution in [0.5, 0.6) is 0 Å². The maximum absolute atomic E-state index is 12.4. The first kappa shape index (κ1) is 44.0. The summed E-state index contributed by atoms with van der Waals surface area (Å²) in [6.07, 6.45) is 36.1. The lowest BCUT2D eigenvalue weighted by Gasteiger charge is -2.19. The van der Waals surface area contributed by atoms with Gasteiger partial charge in [0.2, 0.25) is 0 Å². The van der Waals surface area contributed by atoms with Crippen molar-refractivity contribution in [2.24, 2.45) is 0 Å². The predicted molar refractivity (Wildman–Crippen MR) is 188 cm³/mol. The number of ether oxygens (including phenoxy) is 2. The van der Waals surface area contributed by atoms with Crippen molar-refractivity contribution in [3.05, 3.63) is 48.6 Å². The molecule has 0 fully saturated rings. The van der Waals surface area contributed by atoms with Gasteiger partial charge in [-0.1, -0.05) is 140 Å². The number of carbonyl (C=O) groups excluding carboxylic acids is 2. The molecule has 0 heterocycles. The summed E-state index contributed by atoms with van der Waals surface area (Å²) in [4.78, 5) is 34.5. The maximum Gasteiger partial charge on any atom is 0.472 e. The Labute approximate surface area is 280 Å². The van der Waals surface area contributed by atoms with Gasteiger partial charge in [-0.15, -0.1) is 0 Å². The molecular formula is C37H65O8P. The molecule has 0 saturated heterocycles. The molecule has 0 radical (unpaired) electrons. The van der Waals surface area contributed by atoms with Gasteiger partial charge < -0.3 is 14.4 Å². The van der Waals surface area contributed by atoms with Crippen LogP contribution in [0.25, 0.3) is 0 Å². The molecule has 0 saturated carbocycles. The Kier molecular flexibility index (Phi) is 31.5. The van der Waals surface area contributed by atoms with E-state index in [0.717, 1.165) is 44.9 Å². The van der Waals surface area contributed by atoms with E-state index in [0.29, 0.717) is 6.42 Å². The van der Waals surface area contributed by atoms with E-state index >= 15 is 0 Å². The molecule has 0 spiro atoms. The fourth-order valence-electron chi connectivity index (χ4n) is 4.58. The van der Waals surface area contributed by atoms with Gasteiger partial charge in [0.05, 0.1) is 13.2 Å². The number of phosphoric acid groups is 1. The molecule has 46 heavy (non-hydrogen) atoms. The number of unbranched alkanes of at least 4 members (excludes halogenated alkanes) is 12. The average molecular weight is 669 g/mol. The minimum absolute atomic E-state index is 0.0127. The molecule has 0 aromatic heterocycles. The first-order chi connectivity index (χ1) is 22.3. The van der Waals surface area contributed by atoms with E-state index in [1.165, 1.54) is 64.2 Å². The Morgan fingerprint density at radius 1 is 0.609 bits per heavy atom. The van der Waals surface area contributed by atoms with Gasteiger partial charge in [0.25, 0.3) is 0 Å². The number of carbonyl (C=O) groups is 2. The van der Waals surface area contributed by atoms with Crippen LogP contribution < -0.4 is 0 Å². The molecule has 2 unspecified atom stereocenters. The highest BCUT2D eigenvalue weighted by atomic mass is 31.2. The van der Waals surface area contributed by atoms with Crippen LogP contribution in [0.2, 0.25) is 0 Å². The van der Waals surface area contributed by atoms with Gasteiger partial charge in [-0.3, -0.25) is 18.6 Å². The number of hydrogen-bond acceptors (Lipinski definition) is 7. The molecule has 0 aromatic carbocycles. The lowest BCUT2D eigenvalue weighted by Crippen LogP contribution is -2.29. The summed E-state index contributed by atoms with van der Waals surface area (Å²) in [6.45, 7) is 5.24. The summed E-state index contributed by atoms with van der Waals surface area (Å²) in [7, 11) is -4.29. The third-order valence-corrected chi connectivity index (χ3v) is 8.22. The molecule has 0 aliphatic heterocycles. The van der Waals surface area contributed by atoms with E-state index in [1.54, 1.807) is 6.92 Å². The van der Waals surface area contributed by atoms with Gasteiger partial charge in [0, 0.05) is 12.8 Å². The van der Waals surface area contributed by atoms with Crippen LogP contribution in [-0.2, 0) is 32.7 Å². The molecule has 0 aliphatic carbocycles. The summed E-state index contributed by atoms with van der Waals surface area (Å²) in [5.41, 5.74) is 0. The average Bonchev–Trinajstić information content (AvgIpc) is 3.03. The van der Waals surface area contributed by atoms with Crippen LogP contribution >= 0.6 is 7.82 Å². The van der Waals surface area contributed by atoms with E-state index in [-0.39, 0.29) is 32.0 Å². The van der Waals surface area contributed by atoms with E-state index in [1.807, 2.05) is 12.2 Å². The molecule has 0 aliphatic rings. The molecule has 0 bridgehead atoms. The Bertz CT molecular complexity index is 896. The van der Waals surface area contributed by atoms with E-state index in [9.17, 15) is 19.0 Å².